The van der Waals surface area contributed by atoms with Gasteiger partial charge in [-0.2, -0.15) is 5.10 Å². The molecule has 0 saturated heterocycles. The number of carboxylic acids is 1. The molecular weight excluding hydrogens is 184 g/mol. The first kappa shape index (κ1) is 10.6. The van der Waals surface area contributed by atoms with Crippen LogP contribution >= 0.6 is 0 Å². The Hall–Kier alpha value is -1.43. The van der Waals surface area contributed by atoms with Crippen LogP contribution < -0.4 is 5.32 Å². The van der Waals surface area contributed by atoms with Crippen molar-refractivity contribution in [1.82, 2.24) is 20.1 Å². The average molecular weight is 198 g/mol. The van der Waals surface area contributed by atoms with Crippen molar-refractivity contribution in [1.29, 1.82) is 0 Å². The van der Waals surface area contributed by atoms with E-state index >= 15 is 0 Å². The Morgan fingerprint density at radius 3 is 3.07 bits per heavy atom. The van der Waals surface area contributed by atoms with Gasteiger partial charge in [0, 0.05) is 6.54 Å². The van der Waals surface area contributed by atoms with E-state index in [1.54, 1.807) is 11.6 Å². The first-order chi connectivity index (χ1) is 6.65. The van der Waals surface area contributed by atoms with Gasteiger partial charge in [0.25, 0.3) is 0 Å². The standard InChI is InChI=1S/C8H14N4O2/c1-3-12-7(10-5-11-12)4-9-6(2)8(13)14/h5-6,9H,3-4H2,1-2H3,(H,13,14). The van der Waals surface area contributed by atoms with Crippen LogP contribution in [-0.4, -0.2) is 31.9 Å². The molecule has 0 aromatic carbocycles. The van der Waals surface area contributed by atoms with Crippen molar-refractivity contribution >= 4 is 5.97 Å². The van der Waals surface area contributed by atoms with E-state index in [4.69, 9.17) is 5.11 Å². The molecule has 1 atom stereocenters. The van der Waals surface area contributed by atoms with Gasteiger partial charge in [-0.25, -0.2) is 9.67 Å². The zero-order valence-electron chi connectivity index (χ0n) is 8.27. The van der Waals surface area contributed by atoms with Gasteiger partial charge in [-0.1, -0.05) is 0 Å². The molecular formula is C8H14N4O2. The summed E-state index contributed by atoms with van der Waals surface area (Å²) in [5.74, 6) is -0.117. The molecule has 1 aromatic heterocycles. The second kappa shape index (κ2) is 4.71. The van der Waals surface area contributed by atoms with Gasteiger partial charge in [0.2, 0.25) is 0 Å². The minimum Gasteiger partial charge on any atom is -0.480 e. The molecule has 0 fully saturated rings. The number of carbonyl (C=O) groups is 1. The number of nitrogens with zero attached hydrogens (tertiary/aromatic N) is 3. The van der Waals surface area contributed by atoms with Crippen LogP contribution in [0.5, 0.6) is 0 Å². The van der Waals surface area contributed by atoms with Gasteiger partial charge in [-0.15, -0.1) is 0 Å². The predicted octanol–water partition coefficient (Wildman–Crippen LogP) is -0.139. The normalized spacial score (nSPS) is 12.7. The van der Waals surface area contributed by atoms with Crippen LogP contribution in [0.3, 0.4) is 0 Å². The van der Waals surface area contributed by atoms with Crippen LogP contribution in [0.2, 0.25) is 0 Å². The van der Waals surface area contributed by atoms with Crippen molar-refractivity contribution in [3.63, 3.8) is 0 Å². The summed E-state index contributed by atoms with van der Waals surface area (Å²) in [4.78, 5) is 14.5. The number of aromatic nitrogens is 3. The lowest BCUT2D eigenvalue weighted by molar-refractivity contribution is -0.139. The summed E-state index contributed by atoms with van der Waals surface area (Å²) in [5, 5.41) is 15.4. The molecule has 0 aliphatic rings. The van der Waals surface area contributed by atoms with Crippen LogP contribution in [-0.2, 0) is 17.9 Å². The van der Waals surface area contributed by atoms with Crippen molar-refractivity contribution < 1.29 is 9.90 Å². The van der Waals surface area contributed by atoms with Crippen LogP contribution in [0.25, 0.3) is 0 Å². The molecule has 1 heterocycles. The smallest absolute Gasteiger partial charge is 0.320 e. The SMILES string of the molecule is CCn1ncnc1CNC(C)C(=O)O. The van der Waals surface area contributed by atoms with Gasteiger partial charge < -0.3 is 5.11 Å². The lowest BCUT2D eigenvalue weighted by Gasteiger charge is -2.08. The number of nitrogens with one attached hydrogen (secondary N) is 1. The molecule has 1 unspecified atom stereocenters. The first-order valence-electron chi connectivity index (χ1n) is 4.48. The quantitative estimate of drug-likeness (QED) is 0.688. The third kappa shape index (κ3) is 2.53. The topological polar surface area (TPSA) is 80.0 Å². The molecule has 6 heteroatoms. The van der Waals surface area contributed by atoms with Crippen LogP contribution in [0.1, 0.15) is 19.7 Å². The highest BCUT2D eigenvalue weighted by molar-refractivity contribution is 5.72. The summed E-state index contributed by atoms with van der Waals surface area (Å²) in [6, 6.07) is -0.572. The van der Waals surface area contributed by atoms with E-state index in [1.807, 2.05) is 6.92 Å². The summed E-state index contributed by atoms with van der Waals surface area (Å²) in [6.07, 6.45) is 1.46. The number of rotatable bonds is 5. The lowest BCUT2D eigenvalue weighted by atomic mass is 10.3. The Labute approximate surface area is 82.0 Å². The molecule has 2 N–H and O–H groups in total. The zero-order chi connectivity index (χ0) is 10.6. The van der Waals surface area contributed by atoms with E-state index in [0.717, 1.165) is 12.4 Å². The molecule has 0 aliphatic carbocycles. The molecule has 0 aliphatic heterocycles. The number of hydrogen-bond acceptors (Lipinski definition) is 4. The second-order valence-corrected chi connectivity index (χ2v) is 2.93. The van der Waals surface area contributed by atoms with Gasteiger partial charge in [0.05, 0.1) is 6.54 Å². The van der Waals surface area contributed by atoms with E-state index < -0.39 is 12.0 Å². The number of hydrogen-bond donors (Lipinski definition) is 2. The third-order valence-electron chi connectivity index (χ3n) is 1.93. The summed E-state index contributed by atoms with van der Waals surface area (Å²) < 4.78 is 1.72. The van der Waals surface area contributed by atoms with Gasteiger partial charge in [0.1, 0.15) is 18.2 Å². The predicted molar refractivity (Wildman–Crippen MR) is 49.6 cm³/mol. The Morgan fingerprint density at radius 1 is 1.79 bits per heavy atom. The fourth-order valence-corrected chi connectivity index (χ4v) is 1.02. The molecule has 1 aromatic rings. The van der Waals surface area contributed by atoms with Gasteiger partial charge in [-0.05, 0) is 13.8 Å². The fraction of sp³-hybridized carbons (Fsp3) is 0.625. The number of aryl methyl sites for hydroxylation is 1. The molecule has 0 bridgehead atoms. The largest absolute Gasteiger partial charge is 0.480 e. The molecule has 1 rings (SSSR count). The molecule has 0 saturated carbocycles. The zero-order valence-corrected chi connectivity index (χ0v) is 8.27. The van der Waals surface area contributed by atoms with E-state index in [-0.39, 0.29) is 0 Å². The maximum Gasteiger partial charge on any atom is 0.320 e. The molecule has 0 radical (unpaired) electrons. The maximum atomic E-state index is 10.5. The van der Waals surface area contributed by atoms with Crippen LogP contribution in [0.15, 0.2) is 6.33 Å². The van der Waals surface area contributed by atoms with E-state index in [2.05, 4.69) is 15.4 Å². The minimum atomic E-state index is -0.868. The maximum absolute atomic E-state index is 10.5. The highest BCUT2D eigenvalue weighted by atomic mass is 16.4. The molecule has 0 spiro atoms. The molecule has 78 valence electrons. The Balaban J connectivity index is 2.49. The van der Waals surface area contributed by atoms with Crippen molar-refractivity contribution in [2.24, 2.45) is 0 Å². The highest BCUT2D eigenvalue weighted by Crippen LogP contribution is 1.94. The fourth-order valence-electron chi connectivity index (χ4n) is 1.02. The molecule has 6 nitrogen and oxygen atoms in total. The molecule has 0 amide bonds. The Morgan fingerprint density at radius 2 is 2.50 bits per heavy atom. The van der Waals surface area contributed by atoms with Crippen molar-refractivity contribution in [3.8, 4) is 0 Å². The molecule has 14 heavy (non-hydrogen) atoms. The first-order valence-corrected chi connectivity index (χ1v) is 4.48. The highest BCUT2D eigenvalue weighted by Gasteiger charge is 2.11. The number of aliphatic carboxylic acids is 1. The van der Waals surface area contributed by atoms with Gasteiger partial charge >= 0.3 is 5.97 Å². The van der Waals surface area contributed by atoms with Crippen molar-refractivity contribution in [3.05, 3.63) is 12.2 Å². The summed E-state index contributed by atoms with van der Waals surface area (Å²) in [6.45, 7) is 4.70. The van der Waals surface area contributed by atoms with Crippen LogP contribution in [0, 0.1) is 0 Å². The van der Waals surface area contributed by atoms with E-state index in [0.29, 0.717) is 6.54 Å². The second-order valence-electron chi connectivity index (χ2n) is 2.93. The van der Waals surface area contributed by atoms with Crippen molar-refractivity contribution in [2.75, 3.05) is 0 Å². The summed E-state index contributed by atoms with van der Waals surface area (Å²) in [5.41, 5.74) is 0. The number of carboxylic acid groups (broad SMARTS) is 1. The Kier molecular flexibility index (Phi) is 3.58. The Bertz CT molecular complexity index is 310. The minimum absolute atomic E-state index is 0.418. The van der Waals surface area contributed by atoms with E-state index in [1.165, 1.54) is 6.33 Å². The summed E-state index contributed by atoms with van der Waals surface area (Å²) >= 11 is 0. The van der Waals surface area contributed by atoms with E-state index in [9.17, 15) is 4.79 Å². The average Bonchev–Trinajstić information content (AvgIpc) is 2.60. The monoisotopic (exact) mass is 198 g/mol. The van der Waals surface area contributed by atoms with Crippen LogP contribution in [0.4, 0.5) is 0 Å². The van der Waals surface area contributed by atoms with Gasteiger partial charge in [0.15, 0.2) is 0 Å². The third-order valence-corrected chi connectivity index (χ3v) is 1.93. The van der Waals surface area contributed by atoms with Gasteiger partial charge in [-0.3, -0.25) is 10.1 Å². The summed E-state index contributed by atoms with van der Waals surface area (Å²) in [7, 11) is 0. The van der Waals surface area contributed by atoms with Crippen molar-refractivity contribution in [2.45, 2.75) is 33.0 Å². The lowest BCUT2D eigenvalue weighted by Crippen LogP contribution is -2.34.